The van der Waals surface area contributed by atoms with Crippen molar-refractivity contribution in [3.8, 4) is 0 Å². The van der Waals surface area contributed by atoms with Crippen molar-refractivity contribution in [2.24, 2.45) is 23.7 Å². The lowest BCUT2D eigenvalue weighted by Gasteiger charge is -2.37. The molecule has 3 saturated carbocycles. The maximum Gasteiger partial charge on any atom is 0.0801 e. The molecule has 0 aromatic heterocycles. The first-order valence-corrected chi connectivity index (χ1v) is 6.60. The van der Waals surface area contributed by atoms with Gasteiger partial charge in [0.2, 0.25) is 0 Å². The highest BCUT2D eigenvalue weighted by Gasteiger charge is 2.44. The summed E-state index contributed by atoms with van der Waals surface area (Å²) in [5.41, 5.74) is 0. The normalized spacial score (nSPS) is 54.8. The van der Waals surface area contributed by atoms with Gasteiger partial charge in [-0.1, -0.05) is 6.42 Å². The Bertz CT molecular complexity index is 241. The van der Waals surface area contributed by atoms with Crippen LogP contribution in [0.4, 0.5) is 0 Å². The lowest BCUT2D eigenvalue weighted by Crippen LogP contribution is -2.37. The van der Waals surface area contributed by atoms with Crippen molar-refractivity contribution < 1.29 is 10.2 Å². The zero-order chi connectivity index (χ0) is 10.4. The molecule has 0 spiro atoms. The Balaban J connectivity index is 1.63. The van der Waals surface area contributed by atoms with Crippen LogP contribution in [-0.4, -0.2) is 22.4 Å². The standard InChI is InChI=1S/C13H22O2/c14-12-4-3-10(7-13(12)15)11-6-8-1-2-9(11)5-8/h8-15H,1-7H2/t8-,9-,10+,11-,12-,13+/m0/s1. The first-order chi connectivity index (χ1) is 7.24. The number of aliphatic hydroxyl groups excluding tert-OH is 2. The number of rotatable bonds is 1. The minimum atomic E-state index is -0.445. The summed E-state index contributed by atoms with van der Waals surface area (Å²) in [6, 6.07) is 0. The number of hydrogen-bond acceptors (Lipinski definition) is 2. The van der Waals surface area contributed by atoms with Crippen LogP contribution < -0.4 is 0 Å². The van der Waals surface area contributed by atoms with Gasteiger partial charge < -0.3 is 10.2 Å². The van der Waals surface area contributed by atoms with Gasteiger partial charge in [-0.25, -0.2) is 0 Å². The fourth-order valence-electron chi connectivity index (χ4n) is 4.42. The van der Waals surface area contributed by atoms with Crippen molar-refractivity contribution >= 4 is 0 Å². The van der Waals surface area contributed by atoms with Crippen LogP contribution in [0.3, 0.4) is 0 Å². The highest BCUT2D eigenvalue weighted by Crippen LogP contribution is 2.53. The summed E-state index contributed by atoms with van der Waals surface area (Å²) in [6.45, 7) is 0. The molecule has 2 heteroatoms. The van der Waals surface area contributed by atoms with E-state index in [2.05, 4.69) is 0 Å². The summed E-state index contributed by atoms with van der Waals surface area (Å²) in [6.07, 6.45) is 7.70. The molecule has 0 aliphatic heterocycles. The third-order valence-corrected chi connectivity index (χ3v) is 5.22. The molecule has 6 atom stereocenters. The lowest BCUT2D eigenvalue weighted by molar-refractivity contribution is -0.0392. The summed E-state index contributed by atoms with van der Waals surface area (Å²) in [7, 11) is 0. The van der Waals surface area contributed by atoms with Crippen LogP contribution in [0.1, 0.15) is 44.9 Å². The first kappa shape index (κ1) is 10.1. The van der Waals surface area contributed by atoms with Crippen LogP contribution in [0, 0.1) is 23.7 Å². The smallest absolute Gasteiger partial charge is 0.0801 e. The second kappa shape index (κ2) is 3.74. The third kappa shape index (κ3) is 1.72. The molecule has 0 aromatic carbocycles. The van der Waals surface area contributed by atoms with E-state index in [9.17, 15) is 10.2 Å². The van der Waals surface area contributed by atoms with Gasteiger partial charge in [0.15, 0.2) is 0 Å². The minimum Gasteiger partial charge on any atom is -0.390 e. The van der Waals surface area contributed by atoms with Crippen LogP contribution in [0.5, 0.6) is 0 Å². The molecule has 0 aromatic rings. The summed E-state index contributed by atoms with van der Waals surface area (Å²) in [5, 5.41) is 19.2. The fourth-order valence-corrected chi connectivity index (χ4v) is 4.42. The average Bonchev–Trinajstić information content (AvgIpc) is 2.83. The van der Waals surface area contributed by atoms with Gasteiger partial charge >= 0.3 is 0 Å². The predicted molar refractivity (Wildman–Crippen MR) is 58.3 cm³/mol. The molecule has 86 valence electrons. The quantitative estimate of drug-likeness (QED) is 0.694. The molecular formula is C13H22O2. The second-order valence-corrected chi connectivity index (χ2v) is 6.05. The van der Waals surface area contributed by atoms with Gasteiger partial charge in [-0.05, 0) is 62.2 Å². The zero-order valence-electron chi connectivity index (χ0n) is 9.31. The van der Waals surface area contributed by atoms with E-state index in [0.29, 0.717) is 5.92 Å². The fraction of sp³-hybridized carbons (Fsp3) is 1.00. The van der Waals surface area contributed by atoms with Gasteiger partial charge in [0.1, 0.15) is 0 Å². The Morgan fingerprint density at radius 3 is 2.00 bits per heavy atom. The van der Waals surface area contributed by atoms with Crippen molar-refractivity contribution in [2.45, 2.75) is 57.2 Å². The summed E-state index contributed by atoms with van der Waals surface area (Å²) < 4.78 is 0. The molecule has 0 saturated heterocycles. The summed E-state index contributed by atoms with van der Waals surface area (Å²) in [5.74, 6) is 3.55. The molecule has 3 rings (SSSR count). The highest BCUT2D eigenvalue weighted by atomic mass is 16.3. The molecule has 2 N–H and O–H groups in total. The molecule has 3 fully saturated rings. The molecule has 0 unspecified atom stereocenters. The summed E-state index contributed by atoms with van der Waals surface area (Å²) >= 11 is 0. The number of hydrogen-bond donors (Lipinski definition) is 2. The first-order valence-electron chi connectivity index (χ1n) is 6.60. The van der Waals surface area contributed by atoms with Crippen LogP contribution in [-0.2, 0) is 0 Å². The van der Waals surface area contributed by atoms with E-state index in [0.717, 1.165) is 37.0 Å². The van der Waals surface area contributed by atoms with Crippen molar-refractivity contribution in [3.63, 3.8) is 0 Å². The summed E-state index contributed by atoms with van der Waals surface area (Å²) in [4.78, 5) is 0. The monoisotopic (exact) mass is 210 g/mol. The molecule has 3 aliphatic rings. The molecule has 15 heavy (non-hydrogen) atoms. The lowest BCUT2D eigenvalue weighted by atomic mass is 9.71. The van der Waals surface area contributed by atoms with Crippen molar-refractivity contribution in [1.82, 2.24) is 0 Å². The van der Waals surface area contributed by atoms with E-state index in [1.54, 1.807) is 0 Å². The van der Waals surface area contributed by atoms with Gasteiger partial charge in [0, 0.05) is 0 Å². The number of aliphatic hydroxyl groups is 2. The molecular weight excluding hydrogens is 188 g/mol. The number of fused-ring (bicyclic) bond motifs is 2. The molecule has 0 radical (unpaired) electrons. The van der Waals surface area contributed by atoms with E-state index < -0.39 is 12.2 Å². The van der Waals surface area contributed by atoms with Gasteiger partial charge in [0.25, 0.3) is 0 Å². The van der Waals surface area contributed by atoms with E-state index >= 15 is 0 Å². The minimum absolute atomic E-state index is 0.442. The van der Waals surface area contributed by atoms with E-state index in [1.807, 2.05) is 0 Å². The predicted octanol–water partition coefficient (Wildman–Crippen LogP) is 1.94. The molecule has 2 nitrogen and oxygen atoms in total. The van der Waals surface area contributed by atoms with E-state index in [1.165, 1.54) is 25.7 Å². The molecule has 2 bridgehead atoms. The van der Waals surface area contributed by atoms with Gasteiger partial charge in [0.05, 0.1) is 12.2 Å². The maximum absolute atomic E-state index is 9.73. The average molecular weight is 210 g/mol. The second-order valence-electron chi connectivity index (χ2n) is 6.05. The topological polar surface area (TPSA) is 40.5 Å². The highest BCUT2D eigenvalue weighted by molar-refractivity contribution is 4.95. The third-order valence-electron chi connectivity index (χ3n) is 5.22. The van der Waals surface area contributed by atoms with Gasteiger partial charge in [-0.15, -0.1) is 0 Å². The Morgan fingerprint density at radius 1 is 0.667 bits per heavy atom. The van der Waals surface area contributed by atoms with Crippen molar-refractivity contribution in [2.75, 3.05) is 0 Å². The van der Waals surface area contributed by atoms with Gasteiger partial charge in [-0.2, -0.15) is 0 Å². The molecule has 0 heterocycles. The van der Waals surface area contributed by atoms with Crippen LogP contribution in [0.25, 0.3) is 0 Å². The Labute approximate surface area is 91.7 Å². The Hall–Kier alpha value is -0.0800. The Morgan fingerprint density at radius 2 is 1.40 bits per heavy atom. The van der Waals surface area contributed by atoms with Gasteiger partial charge in [-0.3, -0.25) is 0 Å². The maximum atomic E-state index is 9.73. The molecule has 3 aliphatic carbocycles. The van der Waals surface area contributed by atoms with E-state index in [-0.39, 0.29) is 0 Å². The molecule has 0 amide bonds. The van der Waals surface area contributed by atoms with E-state index in [4.69, 9.17) is 0 Å². The van der Waals surface area contributed by atoms with Crippen molar-refractivity contribution in [1.29, 1.82) is 0 Å². The largest absolute Gasteiger partial charge is 0.390 e. The Kier molecular flexibility index (Phi) is 2.52. The van der Waals surface area contributed by atoms with Crippen LogP contribution >= 0.6 is 0 Å². The zero-order valence-corrected chi connectivity index (χ0v) is 9.31. The van der Waals surface area contributed by atoms with Crippen LogP contribution in [0.15, 0.2) is 0 Å². The van der Waals surface area contributed by atoms with Crippen molar-refractivity contribution in [3.05, 3.63) is 0 Å². The van der Waals surface area contributed by atoms with Crippen LogP contribution in [0.2, 0.25) is 0 Å². The SMILES string of the molecule is O[C@@H]1C[C@H]([C@H]2C[C@H]3CC[C@H]2C3)CC[C@@H]1O.